The fraction of sp³-hybridized carbons (Fsp3) is 0.250. The molecule has 0 radical (unpaired) electrons. The highest BCUT2D eigenvalue weighted by Gasteiger charge is 2.14. The summed E-state index contributed by atoms with van der Waals surface area (Å²) in [5.41, 5.74) is 6.54. The van der Waals surface area contributed by atoms with E-state index in [1.54, 1.807) is 6.20 Å². The van der Waals surface area contributed by atoms with Gasteiger partial charge >= 0.3 is 0 Å². The Balaban J connectivity index is 2.21. The lowest BCUT2D eigenvalue weighted by atomic mass is 10.2. The van der Waals surface area contributed by atoms with Gasteiger partial charge in [0.25, 0.3) is 0 Å². The van der Waals surface area contributed by atoms with Gasteiger partial charge in [-0.3, -0.25) is 0 Å². The van der Waals surface area contributed by atoms with Gasteiger partial charge in [-0.2, -0.15) is 0 Å². The first-order valence-corrected chi connectivity index (χ1v) is 5.78. The van der Waals surface area contributed by atoms with Gasteiger partial charge in [0, 0.05) is 6.07 Å². The van der Waals surface area contributed by atoms with Gasteiger partial charge in [0.2, 0.25) is 5.89 Å². The Bertz CT molecular complexity index is 570. The first-order valence-electron chi connectivity index (χ1n) is 5.40. The lowest BCUT2D eigenvalue weighted by Crippen LogP contribution is -2.09. The number of aromatic nitrogens is 1. The molecule has 0 saturated heterocycles. The van der Waals surface area contributed by atoms with Crippen LogP contribution in [0.1, 0.15) is 24.6 Å². The number of anilines is 2. The molecule has 96 valence electrons. The largest absolute Gasteiger partial charge is 0.444 e. The minimum atomic E-state index is -0.542. The summed E-state index contributed by atoms with van der Waals surface area (Å²) < 4.78 is 18.5. The molecular formula is C12H13ClFN3O. The highest BCUT2D eigenvalue weighted by Crippen LogP contribution is 2.29. The zero-order chi connectivity index (χ0) is 13.3. The zero-order valence-corrected chi connectivity index (χ0v) is 10.8. The molecule has 1 unspecified atom stereocenters. The van der Waals surface area contributed by atoms with Crippen LogP contribution >= 0.6 is 11.6 Å². The summed E-state index contributed by atoms with van der Waals surface area (Å²) in [6, 6.07) is 2.43. The molecule has 18 heavy (non-hydrogen) atoms. The predicted octanol–water partition coefficient (Wildman–Crippen LogP) is 3.53. The molecule has 0 amide bonds. The van der Waals surface area contributed by atoms with Crippen molar-refractivity contribution in [2.24, 2.45) is 0 Å². The molecule has 0 fully saturated rings. The normalized spacial score (nSPS) is 12.4. The number of nitrogens with two attached hydrogens (primary N) is 1. The number of halogens is 2. The van der Waals surface area contributed by atoms with Crippen LogP contribution in [0.4, 0.5) is 15.8 Å². The molecule has 0 bridgehead atoms. The van der Waals surface area contributed by atoms with Crippen molar-refractivity contribution in [2.45, 2.75) is 19.9 Å². The maximum Gasteiger partial charge on any atom is 0.216 e. The minimum absolute atomic E-state index is 0.0162. The summed E-state index contributed by atoms with van der Waals surface area (Å²) in [6.07, 6.45) is 1.63. The van der Waals surface area contributed by atoms with Crippen LogP contribution in [0.5, 0.6) is 0 Å². The number of oxazole rings is 1. The molecule has 0 saturated carbocycles. The molecule has 0 aliphatic rings. The van der Waals surface area contributed by atoms with Crippen LogP contribution in [0.3, 0.4) is 0 Å². The molecule has 1 aromatic carbocycles. The van der Waals surface area contributed by atoms with E-state index in [0.29, 0.717) is 11.6 Å². The summed E-state index contributed by atoms with van der Waals surface area (Å²) >= 11 is 5.71. The van der Waals surface area contributed by atoms with Crippen molar-refractivity contribution >= 4 is 23.0 Å². The van der Waals surface area contributed by atoms with Crippen LogP contribution in [-0.4, -0.2) is 4.98 Å². The maximum atomic E-state index is 13.2. The number of hydrogen-bond acceptors (Lipinski definition) is 4. The summed E-state index contributed by atoms with van der Waals surface area (Å²) in [4.78, 5) is 4.10. The Hall–Kier alpha value is -1.75. The first-order chi connectivity index (χ1) is 8.47. The standard InChI is InChI=1S/C12H13ClFN3O/c1-6-5-16-12(18-6)7(2)17-11-3-8(13)9(14)4-10(11)15/h3-5,7,17H,15H2,1-2H3. The van der Waals surface area contributed by atoms with Gasteiger partial charge in [-0.1, -0.05) is 11.6 Å². The molecule has 2 rings (SSSR count). The summed E-state index contributed by atoms with van der Waals surface area (Å²) in [5, 5.41) is 3.09. The number of benzene rings is 1. The average Bonchev–Trinajstić information content (AvgIpc) is 2.73. The van der Waals surface area contributed by atoms with Crippen LogP contribution in [0, 0.1) is 12.7 Å². The third-order valence-electron chi connectivity index (χ3n) is 2.47. The lowest BCUT2D eigenvalue weighted by molar-refractivity contribution is 0.454. The van der Waals surface area contributed by atoms with Crippen LogP contribution in [-0.2, 0) is 0 Å². The van der Waals surface area contributed by atoms with Gasteiger partial charge in [-0.15, -0.1) is 0 Å². The van der Waals surface area contributed by atoms with E-state index in [2.05, 4.69) is 10.3 Å². The van der Waals surface area contributed by atoms with Crippen LogP contribution < -0.4 is 11.1 Å². The van der Waals surface area contributed by atoms with E-state index in [-0.39, 0.29) is 16.8 Å². The Morgan fingerprint density at radius 1 is 1.50 bits per heavy atom. The van der Waals surface area contributed by atoms with Crippen LogP contribution in [0.25, 0.3) is 0 Å². The van der Waals surface area contributed by atoms with Gasteiger partial charge < -0.3 is 15.5 Å². The van der Waals surface area contributed by atoms with Crippen LogP contribution in [0.15, 0.2) is 22.7 Å². The number of aryl methyl sites for hydroxylation is 1. The smallest absolute Gasteiger partial charge is 0.216 e. The second-order valence-electron chi connectivity index (χ2n) is 4.03. The highest BCUT2D eigenvalue weighted by molar-refractivity contribution is 6.31. The molecule has 2 aromatic rings. The fourth-order valence-corrected chi connectivity index (χ4v) is 1.72. The van der Waals surface area contributed by atoms with E-state index in [9.17, 15) is 4.39 Å². The summed E-state index contributed by atoms with van der Waals surface area (Å²) in [5.74, 6) is 0.718. The van der Waals surface area contributed by atoms with E-state index >= 15 is 0 Å². The SMILES string of the molecule is Cc1cnc(C(C)Nc2cc(Cl)c(F)cc2N)o1. The molecule has 4 nitrogen and oxygen atoms in total. The van der Waals surface area contributed by atoms with Crippen molar-refractivity contribution in [2.75, 3.05) is 11.1 Å². The van der Waals surface area contributed by atoms with Gasteiger partial charge in [-0.25, -0.2) is 9.37 Å². The first kappa shape index (κ1) is 12.7. The van der Waals surface area contributed by atoms with E-state index in [0.717, 1.165) is 5.76 Å². The van der Waals surface area contributed by atoms with Gasteiger partial charge in [0.15, 0.2) is 0 Å². The number of hydrogen-bond donors (Lipinski definition) is 2. The number of nitrogen functional groups attached to an aromatic ring is 1. The second-order valence-corrected chi connectivity index (χ2v) is 4.44. The van der Waals surface area contributed by atoms with Crippen molar-refractivity contribution in [1.29, 1.82) is 0 Å². The number of nitrogens with one attached hydrogen (secondary N) is 1. The zero-order valence-electron chi connectivity index (χ0n) is 10.00. The molecule has 1 aromatic heterocycles. The Kier molecular flexibility index (Phi) is 3.43. The average molecular weight is 270 g/mol. The Morgan fingerprint density at radius 2 is 2.22 bits per heavy atom. The molecule has 0 aliphatic heterocycles. The molecule has 6 heteroatoms. The molecular weight excluding hydrogens is 257 g/mol. The number of rotatable bonds is 3. The third kappa shape index (κ3) is 2.56. The molecule has 3 N–H and O–H groups in total. The maximum absolute atomic E-state index is 13.2. The molecule has 1 heterocycles. The van der Waals surface area contributed by atoms with E-state index < -0.39 is 5.82 Å². The van der Waals surface area contributed by atoms with Crippen LogP contribution in [0.2, 0.25) is 5.02 Å². The van der Waals surface area contributed by atoms with Gasteiger partial charge in [-0.05, 0) is 19.9 Å². The second kappa shape index (κ2) is 4.86. The topological polar surface area (TPSA) is 64.1 Å². The van der Waals surface area contributed by atoms with Gasteiger partial charge in [0.1, 0.15) is 17.6 Å². The molecule has 1 atom stereocenters. The van der Waals surface area contributed by atoms with Gasteiger partial charge in [0.05, 0.1) is 22.6 Å². The van der Waals surface area contributed by atoms with Crippen molar-refractivity contribution in [3.8, 4) is 0 Å². The highest BCUT2D eigenvalue weighted by atomic mass is 35.5. The molecule has 0 spiro atoms. The van der Waals surface area contributed by atoms with Crippen molar-refractivity contribution in [1.82, 2.24) is 4.98 Å². The minimum Gasteiger partial charge on any atom is -0.444 e. The Labute approximate surface area is 109 Å². The third-order valence-corrected chi connectivity index (χ3v) is 2.76. The van der Waals surface area contributed by atoms with Crippen molar-refractivity contribution in [3.05, 3.63) is 40.8 Å². The predicted molar refractivity (Wildman–Crippen MR) is 69.1 cm³/mol. The number of nitrogens with zero attached hydrogens (tertiary/aromatic N) is 1. The van der Waals surface area contributed by atoms with E-state index in [1.807, 2.05) is 13.8 Å². The van der Waals surface area contributed by atoms with E-state index in [4.69, 9.17) is 21.8 Å². The monoisotopic (exact) mass is 269 g/mol. The molecule has 0 aliphatic carbocycles. The van der Waals surface area contributed by atoms with E-state index in [1.165, 1.54) is 12.1 Å². The quantitative estimate of drug-likeness (QED) is 0.837. The summed E-state index contributed by atoms with van der Waals surface area (Å²) in [7, 11) is 0. The van der Waals surface area contributed by atoms with Crippen molar-refractivity contribution < 1.29 is 8.81 Å². The Morgan fingerprint density at radius 3 is 2.83 bits per heavy atom. The fourth-order valence-electron chi connectivity index (χ4n) is 1.55. The van der Waals surface area contributed by atoms with Crippen molar-refractivity contribution in [3.63, 3.8) is 0 Å². The lowest BCUT2D eigenvalue weighted by Gasteiger charge is -2.14. The summed E-state index contributed by atoms with van der Waals surface area (Å²) in [6.45, 7) is 3.67.